The molecule has 0 aromatic carbocycles. The average Bonchev–Trinajstić information content (AvgIpc) is 2.14. The number of nitrogens with zero attached hydrogens (tertiary/aromatic N) is 2. The summed E-state index contributed by atoms with van der Waals surface area (Å²) in [6.45, 7) is 8.69. The number of pyridine rings is 1. The second kappa shape index (κ2) is 4.36. The lowest BCUT2D eigenvalue weighted by Crippen LogP contribution is -2.20. The second-order valence-electron chi connectivity index (χ2n) is 4.57. The summed E-state index contributed by atoms with van der Waals surface area (Å²) in [5.74, 6) is 0. The van der Waals surface area contributed by atoms with Crippen LogP contribution in [-0.2, 0) is 0 Å². The lowest BCUT2D eigenvalue weighted by atomic mass is 9.88. The van der Waals surface area contributed by atoms with Crippen LogP contribution in [0.2, 0.25) is 0 Å². The van der Waals surface area contributed by atoms with Crippen molar-refractivity contribution in [2.75, 3.05) is 0 Å². The molecule has 1 rings (SSSR count). The maximum Gasteiger partial charge on any atom is 0.0807 e. The van der Waals surface area contributed by atoms with Crippen LogP contribution < -0.4 is 0 Å². The van der Waals surface area contributed by atoms with Crippen LogP contribution in [0, 0.1) is 5.41 Å². The molecule has 2 nitrogen and oxygen atoms in total. The fourth-order valence-corrected chi connectivity index (χ4v) is 0.864. The van der Waals surface area contributed by atoms with Crippen LogP contribution in [0.15, 0.2) is 29.4 Å². The van der Waals surface area contributed by atoms with Crippen molar-refractivity contribution in [3.8, 4) is 0 Å². The summed E-state index contributed by atoms with van der Waals surface area (Å²) in [6.07, 6.45) is 3.62. The van der Waals surface area contributed by atoms with Crippen molar-refractivity contribution in [1.82, 2.24) is 4.98 Å². The zero-order chi connectivity index (χ0) is 10.6. The first-order valence-electron chi connectivity index (χ1n) is 4.94. The van der Waals surface area contributed by atoms with Gasteiger partial charge in [-0.05, 0) is 24.5 Å². The molecule has 0 fully saturated rings. The molecule has 0 bridgehead atoms. The minimum atomic E-state index is 0.214. The molecule has 0 amide bonds. The lowest BCUT2D eigenvalue weighted by molar-refractivity contribution is 0.342. The number of aliphatic imine (C=N–C) groups is 1. The zero-order valence-corrected chi connectivity index (χ0v) is 9.36. The molecule has 0 unspecified atom stereocenters. The third-order valence-corrected chi connectivity index (χ3v) is 2.37. The van der Waals surface area contributed by atoms with Gasteiger partial charge in [-0.2, -0.15) is 0 Å². The summed E-state index contributed by atoms with van der Waals surface area (Å²) in [4.78, 5) is 8.66. The van der Waals surface area contributed by atoms with E-state index in [1.807, 2.05) is 24.4 Å². The fourth-order valence-electron chi connectivity index (χ4n) is 0.864. The van der Waals surface area contributed by atoms with Crippen LogP contribution in [0.1, 0.15) is 33.4 Å². The van der Waals surface area contributed by atoms with Gasteiger partial charge in [0.2, 0.25) is 0 Å². The van der Waals surface area contributed by atoms with E-state index in [9.17, 15) is 0 Å². The summed E-state index contributed by atoms with van der Waals surface area (Å²) >= 11 is 0. The molecule has 0 aliphatic rings. The smallest absolute Gasteiger partial charge is 0.0807 e. The second-order valence-corrected chi connectivity index (χ2v) is 4.57. The van der Waals surface area contributed by atoms with E-state index in [1.165, 1.54) is 0 Å². The summed E-state index contributed by atoms with van der Waals surface area (Å²) in [5.41, 5.74) is 1.13. The van der Waals surface area contributed by atoms with Crippen molar-refractivity contribution in [3.05, 3.63) is 30.1 Å². The lowest BCUT2D eigenvalue weighted by Gasteiger charge is -2.23. The Morgan fingerprint density at radius 2 is 2.07 bits per heavy atom. The first kappa shape index (κ1) is 10.9. The quantitative estimate of drug-likeness (QED) is 0.658. The molecule has 76 valence electrons. The Balaban J connectivity index is 2.66. The van der Waals surface area contributed by atoms with Crippen LogP contribution in [0.3, 0.4) is 0 Å². The molecule has 1 atom stereocenters. The predicted molar refractivity (Wildman–Crippen MR) is 60.7 cm³/mol. The Kier molecular flexibility index (Phi) is 3.39. The molecule has 0 saturated heterocycles. The maximum atomic E-state index is 4.48. The van der Waals surface area contributed by atoms with Gasteiger partial charge in [-0.25, -0.2) is 0 Å². The van der Waals surface area contributed by atoms with Crippen LogP contribution in [0.4, 0.5) is 0 Å². The molecule has 2 heteroatoms. The van der Waals surface area contributed by atoms with Gasteiger partial charge in [-0.1, -0.05) is 26.8 Å². The van der Waals surface area contributed by atoms with Gasteiger partial charge >= 0.3 is 0 Å². The van der Waals surface area contributed by atoms with Gasteiger partial charge < -0.3 is 0 Å². The Labute approximate surface area is 86.1 Å². The highest BCUT2D eigenvalue weighted by Crippen LogP contribution is 2.21. The Bertz CT molecular complexity index is 296. The van der Waals surface area contributed by atoms with Gasteiger partial charge in [0.15, 0.2) is 0 Å². The van der Waals surface area contributed by atoms with Crippen molar-refractivity contribution in [1.29, 1.82) is 0 Å². The van der Waals surface area contributed by atoms with Crippen LogP contribution in [-0.4, -0.2) is 17.2 Å². The summed E-state index contributed by atoms with van der Waals surface area (Å²) in [6, 6.07) is 6.14. The van der Waals surface area contributed by atoms with Crippen molar-refractivity contribution >= 4 is 6.21 Å². The Morgan fingerprint density at radius 1 is 1.36 bits per heavy atom. The molecule has 0 spiro atoms. The summed E-state index contributed by atoms with van der Waals surface area (Å²) in [5, 5.41) is 0. The van der Waals surface area contributed by atoms with Crippen molar-refractivity contribution in [3.63, 3.8) is 0 Å². The molecule has 1 heterocycles. The highest BCUT2D eigenvalue weighted by Gasteiger charge is 2.17. The zero-order valence-electron chi connectivity index (χ0n) is 9.36. The van der Waals surface area contributed by atoms with E-state index in [0.717, 1.165) is 5.69 Å². The number of rotatable bonds is 2. The number of hydrogen-bond acceptors (Lipinski definition) is 2. The van der Waals surface area contributed by atoms with Crippen LogP contribution >= 0.6 is 0 Å². The molecular weight excluding hydrogens is 172 g/mol. The minimum Gasteiger partial charge on any atom is -0.287 e. The summed E-state index contributed by atoms with van der Waals surface area (Å²) < 4.78 is 0. The first-order valence-corrected chi connectivity index (χ1v) is 4.94. The average molecular weight is 190 g/mol. The van der Waals surface area contributed by atoms with Crippen molar-refractivity contribution < 1.29 is 0 Å². The molecule has 0 aliphatic heterocycles. The predicted octanol–water partition coefficient (Wildman–Crippen LogP) is 2.94. The topological polar surface area (TPSA) is 25.2 Å². The Morgan fingerprint density at radius 3 is 2.57 bits per heavy atom. The summed E-state index contributed by atoms with van der Waals surface area (Å²) in [7, 11) is 0. The van der Waals surface area contributed by atoms with E-state index in [2.05, 4.69) is 37.7 Å². The maximum absolute atomic E-state index is 4.48. The SMILES string of the molecule is C[C@H](N=Cc1ccccn1)C(C)(C)C. The van der Waals surface area contributed by atoms with Gasteiger partial charge in [0.25, 0.3) is 0 Å². The molecule has 1 aromatic heterocycles. The van der Waals surface area contributed by atoms with E-state index in [0.29, 0.717) is 6.04 Å². The standard InChI is InChI=1S/C12H18N2/c1-10(12(2,3)4)14-9-11-7-5-6-8-13-11/h5-10H,1-4H3/t10-/m0/s1. The van der Waals surface area contributed by atoms with Crippen molar-refractivity contribution in [2.24, 2.45) is 10.4 Å². The van der Waals surface area contributed by atoms with Crippen molar-refractivity contribution in [2.45, 2.75) is 33.7 Å². The normalized spacial score (nSPS) is 14.6. The van der Waals surface area contributed by atoms with E-state index < -0.39 is 0 Å². The molecule has 14 heavy (non-hydrogen) atoms. The van der Waals surface area contributed by atoms with Gasteiger partial charge in [0, 0.05) is 12.4 Å². The van der Waals surface area contributed by atoms with E-state index >= 15 is 0 Å². The Hall–Kier alpha value is -1.18. The molecule has 0 N–H and O–H groups in total. The molecule has 0 aliphatic carbocycles. The molecule has 0 radical (unpaired) electrons. The van der Waals surface area contributed by atoms with Crippen LogP contribution in [0.5, 0.6) is 0 Å². The van der Waals surface area contributed by atoms with Gasteiger partial charge in [0.05, 0.1) is 11.7 Å². The monoisotopic (exact) mass is 190 g/mol. The van der Waals surface area contributed by atoms with Gasteiger partial charge in [-0.3, -0.25) is 9.98 Å². The highest BCUT2D eigenvalue weighted by atomic mass is 14.8. The molecular formula is C12H18N2. The molecule has 1 aromatic rings. The number of hydrogen-bond donors (Lipinski definition) is 0. The van der Waals surface area contributed by atoms with E-state index in [1.54, 1.807) is 6.20 Å². The van der Waals surface area contributed by atoms with Gasteiger partial charge in [0.1, 0.15) is 0 Å². The third-order valence-electron chi connectivity index (χ3n) is 2.37. The number of aromatic nitrogens is 1. The van der Waals surface area contributed by atoms with Crippen LogP contribution in [0.25, 0.3) is 0 Å². The largest absolute Gasteiger partial charge is 0.287 e. The fraction of sp³-hybridized carbons (Fsp3) is 0.500. The molecule has 0 saturated carbocycles. The first-order chi connectivity index (χ1) is 6.50. The minimum absolute atomic E-state index is 0.214. The highest BCUT2D eigenvalue weighted by molar-refractivity contribution is 5.76. The van der Waals surface area contributed by atoms with E-state index in [4.69, 9.17) is 0 Å². The third kappa shape index (κ3) is 3.29. The van der Waals surface area contributed by atoms with E-state index in [-0.39, 0.29) is 5.41 Å². The van der Waals surface area contributed by atoms with Gasteiger partial charge in [-0.15, -0.1) is 0 Å².